The number of hydrogen-bond donors (Lipinski definition) is 2. The summed E-state index contributed by atoms with van der Waals surface area (Å²) in [6.45, 7) is 5.06. The molecule has 1 saturated heterocycles. The van der Waals surface area contributed by atoms with E-state index in [4.69, 9.17) is 4.42 Å². The smallest absolute Gasteiger partial charge is 0.317 e. The minimum absolute atomic E-state index is 0.0942. The molecule has 23 heavy (non-hydrogen) atoms. The number of furan rings is 1. The normalized spacial score (nSPS) is 21.2. The summed E-state index contributed by atoms with van der Waals surface area (Å²) in [4.78, 5) is 14.2. The molecular weight excluding hydrogens is 292 g/mol. The molecule has 3 rings (SSSR count). The first-order valence-electron chi connectivity index (χ1n) is 8.26. The summed E-state index contributed by atoms with van der Waals surface area (Å²) < 4.78 is 5.80. The van der Waals surface area contributed by atoms with Crippen LogP contribution in [0.5, 0.6) is 0 Å². The van der Waals surface area contributed by atoms with Crippen molar-refractivity contribution in [3.05, 3.63) is 36.1 Å². The summed E-state index contributed by atoms with van der Waals surface area (Å²) in [7, 11) is 0. The van der Waals surface area contributed by atoms with Crippen LogP contribution in [0.4, 0.5) is 4.79 Å². The Morgan fingerprint density at radius 3 is 2.91 bits per heavy atom. The lowest BCUT2D eigenvalue weighted by molar-refractivity contribution is 0.0733. The first-order chi connectivity index (χ1) is 11.0. The lowest BCUT2D eigenvalue weighted by Gasteiger charge is -2.34. The van der Waals surface area contributed by atoms with Crippen LogP contribution in [-0.2, 0) is 0 Å². The van der Waals surface area contributed by atoms with Crippen LogP contribution in [0, 0.1) is 5.92 Å². The minimum Gasteiger partial charge on any atom is -0.459 e. The molecule has 3 atom stereocenters. The number of nitrogens with zero attached hydrogens (tertiary/aromatic N) is 1. The van der Waals surface area contributed by atoms with Crippen molar-refractivity contribution in [1.29, 1.82) is 0 Å². The molecule has 0 radical (unpaired) electrons. The number of aliphatic hydroxyl groups excluding tert-OH is 1. The van der Waals surface area contributed by atoms with E-state index in [1.165, 1.54) is 0 Å². The molecular formula is C18H24N2O3. The second-order valence-corrected chi connectivity index (χ2v) is 6.45. The molecule has 1 aliphatic heterocycles. The average Bonchev–Trinajstić information content (AvgIpc) is 2.99. The van der Waals surface area contributed by atoms with Crippen molar-refractivity contribution in [2.75, 3.05) is 13.1 Å². The number of amides is 2. The first kappa shape index (κ1) is 15.9. The number of rotatable bonds is 3. The van der Waals surface area contributed by atoms with E-state index in [0.717, 1.165) is 36.1 Å². The highest BCUT2D eigenvalue weighted by Crippen LogP contribution is 2.24. The van der Waals surface area contributed by atoms with Crippen molar-refractivity contribution in [2.45, 2.75) is 38.8 Å². The van der Waals surface area contributed by atoms with Crippen LogP contribution in [0.3, 0.4) is 0 Å². The van der Waals surface area contributed by atoms with Gasteiger partial charge in [0, 0.05) is 24.4 Å². The fraction of sp³-hybridized carbons (Fsp3) is 0.500. The summed E-state index contributed by atoms with van der Waals surface area (Å²) in [6.07, 6.45) is 1.53. The van der Waals surface area contributed by atoms with E-state index in [1.54, 1.807) is 11.8 Å². The van der Waals surface area contributed by atoms with Crippen molar-refractivity contribution >= 4 is 17.0 Å². The highest BCUT2D eigenvalue weighted by atomic mass is 16.3. The van der Waals surface area contributed by atoms with Gasteiger partial charge in [0.2, 0.25) is 0 Å². The fourth-order valence-corrected chi connectivity index (χ4v) is 3.15. The van der Waals surface area contributed by atoms with Crippen molar-refractivity contribution in [3.8, 4) is 0 Å². The van der Waals surface area contributed by atoms with Gasteiger partial charge in [-0.05, 0) is 38.8 Å². The molecule has 5 nitrogen and oxygen atoms in total. The minimum atomic E-state index is -0.376. The molecule has 124 valence electrons. The number of piperidine rings is 1. The van der Waals surface area contributed by atoms with E-state index in [2.05, 4.69) is 5.32 Å². The third kappa shape index (κ3) is 3.50. The summed E-state index contributed by atoms with van der Waals surface area (Å²) in [6, 6.07) is 9.50. The molecule has 2 N–H and O–H groups in total. The second-order valence-electron chi connectivity index (χ2n) is 6.45. The number of nitrogens with one attached hydrogen (secondary N) is 1. The Bertz CT molecular complexity index is 647. The summed E-state index contributed by atoms with van der Waals surface area (Å²) >= 11 is 0. The SMILES string of the molecule is CC(NC(=O)N1CCCC(C(C)O)C1)c1cc2ccccc2o1. The van der Waals surface area contributed by atoms with Crippen molar-refractivity contribution < 1.29 is 14.3 Å². The summed E-state index contributed by atoms with van der Waals surface area (Å²) in [5, 5.41) is 13.8. The van der Waals surface area contributed by atoms with Gasteiger partial charge in [0.1, 0.15) is 11.3 Å². The van der Waals surface area contributed by atoms with Crippen LogP contribution in [0.2, 0.25) is 0 Å². The third-order valence-corrected chi connectivity index (χ3v) is 4.64. The third-order valence-electron chi connectivity index (χ3n) is 4.64. The summed E-state index contributed by atoms with van der Waals surface area (Å²) in [5.41, 5.74) is 0.829. The number of benzene rings is 1. The van der Waals surface area contributed by atoms with Crippen molar-refractivity contribution in [3.63, 3.8) is 0 Å². The maximum Gasteiger partial charge on any atom is 0.317 e. The predicted octanol–water partition coefficient (Wildman–Crippen LogP) is 3.30. The van der Waals surface area contributed by atoms with Gasteiger partial charge in [-0.25, -0.2) is 4.79 Å². The number of likely N-dealkylation sites (tertiary alicyclic amines) is 1. The lowest BCUT2D eigenvalue weighted by atomic mass is 9.94. The van der Waals surface area contributed by atoms with E-state index >= 15 is 0 Å². The molecule has 1 aliphatic rings. The van der Waals surface area contributed by atoms with Crippen LogP contribution in [0.25, 0.3) is 11.0 Å². The molecule has 1 aromatic carbocycles. The quantitative estimate of drug-likeness (QED) is 0.913. The van der Waals surface area contributed by atoms with Gasteiger partial charge < -0.3 is 19.7 Å². The first-order valence-corrected chi connectivity index (χ1v) is 8.26. The van der Waals surface area contributed by atoms with Crippen LogP contribution in [0.15, 0.2) is 34.7 Å². The van der Waals surface area contributed by atoms with E-state index < -0.39 is 0 Å². The molecule has 1 aromatic heterocycles. The van der Waals surface area contributed by atoms with Crippen LogP contribution in [0.1, 0.15) is 38.5 Å². The van der Waals surface area contributed by atoms with Gasteiger partial charge in [-0.15, -0.1) is 0 Å². The maximum absolute atomic E-state index is 12.5. The molecule has 2 aromatic rings. The lowest BCUT2D eigenvalue weighted by Crippen LogP contribution is -2.47. The number of fused-ring (bicyclic) bond motifs is 1. The molecule has 0 saturated carbocycles. The maximum atomic E-state index is 12.5. The van der Waals surface area contributed by atoms with Gasteiger partial charge in [0.05, 0.1) is 12.1 Å². The molecule has 2 heterocycles. The average molecular weight is 316 g/mol. The van der Waals surface area contributed by atoms with E-state index in [1.807, 2.05) is 37.3 Å². The second kappa shape index (κ2) is 6.62. The Hall–Kier alpha value is -2.01. The molecule has 0 bridgehead atoms. The number of para-hydroxylation sites is 1. The Morgan fingerprint density at radius 2 is 2.17 bits per heavy atom. The zero-order valence-corrected chi connectivity index (χ0v) is 13.7. The van der Waals surface area contributed by atoms with E-state index in [9.17, 15) is 9.90 Å². The highest BCUT2D eigenvalue weighted by Gasteiger charge is 2.27. The Morgan fingerprint density at radius 1 is 1.39 bits per heavy atom. The van der Waals surface area contributed by atoms with Crippen LogP contribution >= 0.6 is 0 Å². The number of carbonyl (C=O) groups excluding carboxylic acids is 1. The van der Waals surface area contributed by atoms with Gasteiger partial charge in [-0.1, -0.05) is 18.2 Å². The Labute approximate surface area is 136 Å². The number of urea groups is 1. The topological polar surface area (TPSA) is 65.7 Å². The van der Waals surface area contributed by atoms with Crippen LogP contribution < -0.4 is 5.32 Å². The number of aliphatic hydroxyl groups is 1. The fourth-order valence-electron chi connectivity index (χ4n) is 3.15. The van der Waals surface area contributed by atoms with Crippen molar-refractivity contribution in [2.24, 2.45) is 5.92 Å². The van der Waals surface area contributed by atoms with E-state index in [-0.39, 0.29) is 24.1 Å². The molecule has 1 fully saturated rings. The molecule has 0 spiro atoms. The van der Waals surface area contributed by atoms with Gasteiger partial charge in [0.15, 0.2) is 0 Å². The monoisotopic (exact) mass is 316 g/mol. The van der Waals surface area contributed by atoms with Gasteiger partial charge in [0.25, 0.3) is 0 Å². The van der Waals surface area contributed by atoms with Crippen LogP contribution in [-0.4, -0.2) is 35.2 Å². The molecule has 3 unspecified atom stereocenters. The summed E-state index contributed by atoms with van der Waals surface area (Å²) in [5.74, 6) is 0.916. The van der Waals surface area contributed by atoms with E-state index in [0.29, 0.717) is 6.54 Å². The number of carbonyl (C=O) groups is 1. The standard InChI is InChI=1S/C18H24N2O3/c1-12(17-10-14-6-3-4-8-16(14)23-17)19-18(22)20-9-5-7-15(11-20)13(2)21/h3-4,6,8,10,12-13,15,21H,5,7,9,11H2,1-2H3,(H,19,22). The largest absolute Gasteiger partial charge is 0.459 e. The predicted molar refractivity (Wildman–Crippen MR) is 89.1 cm³/mol. The van der Waals surface area contributed by atoms with Gasteiger partial charge in [-0.3, -0.25) is 0 Å². The van der Waals surface area contributed by atoms with Gasteiger partial charge >= 0.3 is 6.03 Å². The highest BCUT2D eigenvalue weighted by molar-refractivity contribution is 5.78. The zero-order valence-electron chi connectivity index (χ0n) is 13.7. The molecule has 5 heteroatoms. The number of hydrogen-bond acceptors (Lipinski definition) is 3. The van der Waals surface area contributed by atoms with Crippen molar-refractivity contribution in [1.82, 2.24) is 10.2 Å². The van der Waals surface area contributed by atoms with Gasteiger partial charge in [-0.2, -0.15) is 0 Å². The Balaban J connectivity index is 1.64. The molecule has 0 aliphatic carbocycles. The zero-order chi connectivity index (χ0) is 16.4. The Kier molecular flexibility index (Phi) is 4.57. The molecule has 2 amide bonds.